The Morgan fingerprint density at radius 3 is 2.45 bits per heavy atom. The number of likely N-dealkylation sites (N-methyl/N-ethyl adjacent to an activating group) is 1. The Balaban J connectivity index is 1.64. The zero-order valence-electron chi connectivity index (χ0n) is 30.5. The Morgan fingerprint density at radius 2 is 1.82 bits per heavy atom. The molecule has 3 aliphatic rings. The van der Waals surface area contributed by atoms with Crippen LogP contribution in [0.25, 0.3) is 0 Å². The second kappa shape index (κ2) is 16.3. The van der Waals surface area contributed by atoms with Crippen molar-refractivity contribution < 1.29 is 38.1 Å². The quantitative estimate of drug-likeness (QED) is 0.222. The average Bonchev–Trinajstić information content (AvgIpc) is 3.03. The lowest BCUT2D eigenvalue weighted by Crippen LogP contribution is -2.63. The molecule has 1 aromatic rings. The third kappa shape index (κ3) is 9.18. The van der Waals surface area contributed by atoms with Gasteiger partial charge in [0.1, 0.15) is 11.4 Å². The topological polar surface area (TPSA) is 118 Å². The van der Waals surface area contributed by atoms with E-state index < -0.39 is 29.1 Å². The fraction of sp³-hybridized carbons (Fsp3) is 0.722. The second-order valence-corrected chi connectivity index (χ2v) is 15.3. The minimum absolute atomic E-state index is 0.147. The number of methoxy groups -OCH3 is 1. The van der Waals surface area contributed by atoms with Crippen LogP contribution in [0.2, 0.25) is 5.02 Å². The van der Waals surface area contributed by atoms with Crippen LogP contribution < -0.4 is 9.64 Å². The van der Waals surface area contributed by atoms with Gasteiger partial charge in [0.25, 0.3) is 23.3 Å². The Morgan fingerprint density at radius 1 is 1.12 bits per heavy atom. The van der Waals surface area contributed by atoms with Crippen LogP contribution in [0.15, 0.2) is 12.1 Å². The minimum atomic E-state index is -1.82. The first-order chi connectivity index (χ1) is 23.1. The Labute approximate surface area is 296 Å². The van der Waals surface area contributed by atoms with Crippen molar-refractivity contribution in [2.45, 2.75) is 103 Å². The lowest BCUT2D eigenvalue weighted by atomic mass is 9.95. The number of carbonyl (C=O) groups is 4. The number of rotatable bonds is 11. The summed E-state index contributed by atoms with van der Waals surface area (Å²) in [6.45, 7) is 14.3. The zero-order chi connectivity index (χ0) is 36.1. The lowest BCUT2D eigenvalue weighted by Gasteiger charge is -2.43. The predicted molar refractivity (Wildman–Crippen MR) is 187 cm³/mol. The molecule has 0 radical (unpaired) electrons. The van der Waals surface area contributed by atoms with E-state index in [1.807, 2.05) is 34.6 Å². The predicted octanol–water partition coefficient (Wildman–Crippen LogP) is 5.39. The number of unbranched alkanes of at least 4 members (excludes halogenated alkanes) is 1. The van der Waals surface area contributed by atoms with Crippen LogP contribution in [-0.2, 0) is 23.8 Å². The Bertz CT molecular complexity index is 1360. The van der Waals surface area contributed by atoms with Gasteiger partial charge in [-0.05, 0) is 92.1 Å². The number of nitrogens with zero attached hydrogens (tertiary/aromatic N) is 4. The second-order valence-electron chi connectivity index (χ2n) is 14.9. The molecule has 2 saturated heterocycles. The van der Waals surface area contributed by atoms with Crippen molar-refractivity contribution in [2.24, 2.45) is 5.92 Å². The molecule has 4 rings (SSSR count). The van der Waals surface area contributed by atoms with Gasteiger partial charge in [-0.2, -0.15) is 0 Å². The number of piperidine rings is 1. The average molecular weight is 707 g/mol. The maximum absolute atomic E-state index is 14.4. The van der Waals surface area contributed by atoms with Crippen LogP contribution in [-0.4, -0.2) is 122 Å². The third-order valence-electron chi connectivity index (χ3n) is 9.38. The van der Waals surface area contributed by atoms with E-state index in [4.69, 9.17) is 30.5 Å². The van der Waals surface area contributed by atoms with Crippen molar-refractivity contribution >= 4 is 41.1 Å². The first-order valence-corrected chi connectivity index (χ1v) is 17.9. The first-order valence-electron chi connectivity index (χ1n) is 17.5. The fourth-order valence-corrected chi connectivity index (χ4v) is 7.14. The summed E-state index contributed by atoms with van der Waals surface area (Å²) in [4.78, 5) is 62.1. The van der Waals surface area contributed by atoms with Crippen molar-refractivity contribution in [3.05, 3.63) is 22.7 Å². The molecule has 0 N–H and O–H groups in total. The van der Waals surface area contributed by atoms with Crippen molar-refractivity contribution in [3.8, 4) is 5.75 Å². The number of ether oxygens (including phenoxy) is 4. The van der Waals surface area contributed by atoms with Gasteiger partial charge in [-0.1, -0.05) is 11.6 Å². The summed E-state index contributed by atoms with van der Waals surface area (Å²) in [6, 6.07) is 2.66. The van der Waals surface area contributed by atoms with Crippen LogP contribution in [0.3, 0.4) is 0 Å². The highest BCUT2D eigenvalue weighted by atomic mass is 35.5. The van der Waals surface area contributed by atoms with Gasteiger partial charge in [0.05, 0.1) is 22.3 Å². The van der Waals surface area contributed by atoms with Gasteiger partial charge in [-0.25, -0.2) is 4.79 Å². The number of halogens is 1. The molecule has 3 heterocycles. The number of amides is 4. The van der Waals surface area contributed by atoms with Gasteiger partial charge in [0.2, 0.25) is 0 Å². The molecule has 2 fully saturated rings. The molecule has 4 amide bonds. The summed E-state index contributed by atoms with van der Waals surface area (Å²) in [5.41, 5.74) is -1.85. The molecule has 0 spiro atoms. The number of likely N-dealkylation sites (tertiary alicyclic amines) is 1. The molecule has 0 saturated carbocycles. The van der Waals surface area contributed by atoms with E-state index in [1.54, 1.807) is 39.8 Å². The van der Waals surface area contributed by atoms with Crippen molar-refractivity contribution in [2.75, 3.05) is 65.1 Å². The van der Waals surface area contributed by atoms with Gasteiger partial charge >= 0.3 is 6.09 Å². The highest BCUT2D eigenvalue weighted by molar-refractivity contribution is 6.34. The molecule has 13 heteroatoms. The zero-order valence-corrected chi connectivity index (χ0v) is 31.3. The summed E-state index contributed by atoms with van der Waals surface area (Å²) in [5, 5.41) is 0.147. The molecule has 12 nitrogen and oxygen atoms in total. The summed E-state index contributed by atoms with van der Waals surface area (Å²) >= 11 is 6.85. The van der Waals surface area contributed by atoms with E-state index in [0.717, 1.165) is 12.8 Å². The van der Waals surface area contributed by atoms with Gasteiger partial charge in [0, 0.05) is 72.3 Å². The molecular formula is C36H55ClN4O8. The maximum atomic E-state index is 14.4. The summed E-state index contributed by atoms with van der Waals surface area (Å²) in [7, 11) is 3.32. The smallest absolute Gasteiger partial charge is 0.410 e. The van der Waals surface area contributed by atoms with Crippen molar-refractivity contribution in [3.63, 3.8) is 0 Å². The number of fused-ring (bicyclic) bond motifs is 1. The Hall–Kier alpha value is -3.09. The molecule has 0 aliphatic carbocycles. The van der Waals surface area contributed by atoms with Gasteiger partial charge in [-0.15, -0.1) is 0 Å². The highest BCUT2D eigenvalue weighted by Crippen LogP contribution is 2.43. The number of benzene rings is 1. The fourth-order valence-electron chi connectivity index (χ4n) is 6.90. The largest absolute Gasteiger partial charge is 0.465 e. The molecule has 1 aromatic carbocycles. The molecule has 274 valence electrons. The van der Waals surface area contributed by atoms with E-state index in [1.165, 1.54) is 13.0 Å². The summed E-state index contributed by atoms with van der Waals surface area (Å²) in [6.07, 6.45) is 4.01. The third-order valence-corrected chi connectivity index (χ3v) is 9.69. The standard InChI is InChI=1S/C36H55ClN4O8/c1-24(2)41(26-12-11-15-39(23-26)34(45)49-35(3,4)5)31(42)27-20-29-30(21-28(27)37)48-36(6,33(44)40(29)16-9-10-17-46-8)32(43)38(7)22-25-13-18-47-19-14-25/h20-21,24-26H,9-19,22-23H2,1-8H3/t26-,36?/m1/s1. The maximum Gasteiger partial charge on any atom is 0.410 e. The van der Waals surface area contributed by atoms with Crippen LogP contribution in [0.1, 0.15) is 90.4 Å². The van der Waals surface area contributed by atoms with Gasteiger partial charge in [0.15, 0.2) is 0 Å². The minimum Gasteiger partial charge on any atom is -0.465 e. The van der Waals surface area contributed by atoms with Crippen LogP contribution >= 0.6 is 11.6 Å². The van der Waals surface area contributed by atoms with Crippen molar-refractivity contribution in [1.82, 2.24) is 14.7 Å². The van der Waals surface area contributed by atoms with Crippen LogP contribution in [0, 0.1) is 5.92 Å². The number of carbonyl (C=O) groups excluding carboxylic acids is 4. The van der Waals surface area contributed by atoms with Crippen molar-refractivity contribution in [1.29, 1.82) is 0 Å². The van der Waals surface area contributed by atoms with E-state index in [0.29, 0.717) is 77.4 Å². The molecular weight excluding hydrogens is 652 g/mol. The molecule has 49 heavy (non-hydrogen) atoms. The molecule has 0 aromatic heterocycles. The van der Waals surface area contributed by atoms with Crippen LogP contribution in [0.4, 0.5) is 10.5 Å². The van der Waals surface area contributed by atoms with E-state index in [9.17, 15) is 19.2 Å². The molecule has 3 aliphatic heterocycles. The van der Waals surface area contributed by atoms with E-state index >= 15 is 0 Å². The van der Waals surface area contributed by atoms with Crippen LogP contribution in [0.5, 0.6) is 5.75 Å². The normalized spacial score (nSPS) is 21.7. The summed E-state index contributed by atoms with van der Waals surface area (Å²) < 4.78 is 22.6. The molecule has 1 unspecified atom stereocenters. The first kappa shape index (κ1) is 38.7. The van der Waals surface area contributed by atoms with E-state index in [-0.39, 0.29) is 40.2 Å². The monoisotopic (exact) mass is 706 g/mol. The number of hydrogen-bond donors (Lipinski definition) is 0. The number of hydrogen-bond acceptors (Lipinski definition) is 8. The molecule has 2 atom stereocenters. The summed E-state index contributed by atoms with van der Waals surface area (Å²) in [5.74, 6) is -0.720. The van der Waals surface area contributed by atoms with E-state index in [2.05, 4.69) is 0 Å². The highest BCUT2D eigenvalue weighted by Gasteiger charge is 2.52. The SMILES string of the molecule is COCCCCN1C(=O)C(C)(C(=O)N(C)CC2CCOCC2)Oc2cc(Cl)c(C(=O)N(C(C)C)[C@@H]3CCCN(C(=O)OC(C)(C)C)C3)cc21. The Kier molecular flexibility index (Phi) is 12.9. The lowest BCUT2D eigenvalue weighted by molar-refractivity contribution is -0.155. The molecule has 0 bridgehead atoms. The van der Waals surface area contributed by atoms with Gasteiger partial charge in [-0.3, -0.25) is 14.4 Å². The van der Waals surface area contributed by atoms with Gasteiger partial charge < -0.3 is 38.5 Å². The number of anilines is 1.